The number of nitrogens with one attached hydrogen (secondary N) is 1. The third kappa shape index (κ3) is 2.41. The quantitative estimate of drug-likeness (QED) is 0.791. The number of methoxy groups -OCH3 is 1. The molecule has 0 atom stereocenters. The number of para-hydroxylation sites is 2. The molecule has 1 heterocycles. The minimum absolute atomic E-state index is 0.536. The van der Waals surface area contributed by atoms with E-state index in [0.717, 1.165) is 11.0 Å². The Hall–Kier alpha value is -2.37. The van der Waals surface area contributed by atoms with E-state index in [0.29, 0.717) is 5.82 Å². The largest absolute Gasteiger partial charge is 0.452 e. The molecule has 6 nitrogen and oxygen atoms in total. The van der Waals surface area contributed by atoms with Gasteiger partial charge in [0.2, 0.25) is 0 Å². The van der Waals surface area contributed by atoms with Gasteiger partial charge in [-0.2, -0.15) is 0 Å². The van der Waals surface area contributed by atoms with E-state index in [4.69, 9.17) is 0 Å². The summed E-state index contributed by atoms with van der Waals surface area (Å²) in [5.41, 5.74) is 4.06. The van der Waals surface area contributed by atoms with Gasteiger partial charge in [0.15, 0.2) is 5.82 Å². The third-order valence-corrected chi connectivity index (χ3v) is 2.22. The Morgan fingerprint density at radius 1 is 1.35 bits per heavy atom. The first-order valence-electron chi connectivity index (χ1n) is 5.01. The highest BCUT2D eigenvalue weighted by Gasteiger charge is 2.07. The van der Waals surface area contributed by atoms with Gasteiger partial charge in [-0.05, 0) is 12.1 Å². The smallest absolute Gasteiger partial charge is 0.425 e. The Balaban J connectivity index is 2.26. The number of hydrogen-bond acceptors (Lipinski definition) is 5. The van der Waals surface area contributed by atoms with Crippen LogP contribution in [0.1, 0.15) is 0 Å². The Morgan fingerprint density at radius 2 is 2.06 bits per heavy atom. The van der Waals surface area contributed by atoms with Crippen molar-refractivity contribution in [1.82, 2.24) is 15.4 Å². The number of fused-ring (bicyclic) bond motifs is 1. The molecule has 0 saturated carbocycles. The van der Waals surface area contributed by atoms with Crippen LogP contribution in [0.3, 0.4) is 0 Å². The maximum Gasteiger partial charge on any atom is 0.425 e. The molecular formula is C11H12N4O2. The van der Waals surface area contributed by atoms with Crippen LogP contribution in [0.4, 0.5) is 10.6 Å². The van der Waals surface area contributed by atoms with Gasteiger partial charge >= 0.3 is 6.09 Å². The number of carbonyl (C=O) groups excluding carboxylic acids is 1. The summed E-state index contributed by atoms with van der Waals surface area (Å²) in [6.07, 6.45) is 1.03. The Kier molecular flexibility index (Phi) is 3.04. The molecule has 0 unspecified atom stereocenters. The highest BCUT2D eigenvalue weighted by Crippen LogP contribution is 2.12. The van der Waals surface area contributed by atoms with Gasteiger partial charge in [0.05, 0.1) is 24.3 Å². The summed E-state index contributed by atoms with van der Waals surface area (Å²) in [7, 11) is 2.96. The minimum atomic E-state index is -0.553. The number of hydrogen-bond donors (Lipinski definition) is 1. The number of ether oxygens (including phenoxy) is 1. The van der Waals surface area contributed by atoms with Crippen molar-refractivity contribution < 1.29 is 9.53 Å². The van der Waals surface area contributed by atoms with Gasteiger partial charge in [-0.3, -0.25) is 9.99 Å². The van der Waals surface area contributed by atoms with Gasteiger partial charge in [0, 0.05) is 7.05 Å². The van der Waals surface area contributed by atoms with E-state index >= 15 is 0 Å². The van der Waals surface area contributed by atoms with Crippen molar-refractivity contribution in [3.05, 3.63) is 30.5 Å². The molecule has 0 aliphatic heterocycles. The average molecular weight is 232 g/mol. The zero-order chi connectivity index (χ0) is 12.3. The van der Waals surface area contributed by atoms with Gasteiger partial charge in [-0.1, -0.05) is 12.1 Å². The minimum Gasteiger partial charge on any atom is -0.452 e. The summed E-state index contributed by atoms with van der Waals surface area (Å²) in [5, 5.41) is 1.45. The second-order valence-electron chi connectivity index (χ2n) is 3.38. The van der Waals surface area contributed by atoms with E-state index in [2.05, 4.69) is 20.1 Å². The Morgan fingerprint density at radius 3 is 2.76 bits per heavy atom. The van der Waals surface area contributed by atoms with Crippen molar-refractivity contribution in [1.29, 1.82) is 0 Å². The van der Waals surface area contributed by atoms with Crippen LogP contribution in [0, 0.1) is 0 Å². The van der Waals surface area contributed by atoms with Crippen molar-refractivity contribution in [3.63, 3.8) is 0 Å². The Labute approximate surface area is 98.2 Å². The molecule has 0 radical (unpaired) electrons. The van der Waals surface area contributed by atoms with Crippen molar-refractivity contribution in [3.8, 4) is 0 Å². The van der Waals surface area contributed by atoms with E-state index in [1.54, 1.807) is 13.2 Å². The number of nitrogens with zero attached hydrogens (tertiary/aromatic N) is 3. The number of rotatable bonds is 2. The Bertz CT molecular complexity index is 544. The summed E-state index contributed by atoms with van der Waals surface area (Å²) in [5.74, 6) is 0.536. The summed E-state index contributed by atoms with van der Waals surface area (Å²) in [4.78, 5) is 19.6. The fraction of sp³-hybridized carbons (Fsp3) is 0.182. The van der Waals surface area contributed by atoms with Gasteiger partial charge in [-0.15, -0.1) is 0 Å². The molecule has 0 fully saturated rings. The fourth-order valence-electron chi connectivity index (χ4n) is 1.35. The zero-order valence-electron chi connectivity index (χ0n) is 9.54. The fourth-order valence-corrected chi connectivity index (χ4v) is 1.35. The van der Waals surface area contributed by atoms with Crippen LogP contribution < -0.4 is 10.4 Å². The molecule has 1 aromatic heterocycles. The van der Waals surface area contributed by atoms with Crippen LogP contribution in [0.15, 0.2) is 30.5 Å². The molecule has 0 aliphatic carbocycles. The highest BCUT2D eigenvalue weighted by molar-refractivity contribution is 5.76. The molecule has 2 rings (SSSR count). The molecule has 17 heavy (non-hydrogen) atoms. The lowest BCUT2D eigenvalue weighted by Crippen LogP contribution is -2.39. The van der Waals surface area contributed by atoms with Crippen molar-refractivity contribution >= 4 is 22.9 Å². The van der Waals surface area contributed by atoms with E-state index in [9.17, 15) is 4.79 Å². The summed E-state index contributed by atoms with van der Waals surface area (Å²) in [6.45, 7) is 0. The number of anilines is 1. The SMILES string of the molecule is COC(=O)NN(C)c1cnc2ccccc2n1. The number of aromatic nitrogens is 2. The first-order valence-corrected chi connectivity index (χ1v) is 5.01. The van der Waals surface area contributed by atoms with Crippen molar-refractivity contribution in [2.45, 2.75) is 0 Å². The monoisotopic (exact) mass is 232 g/mol. The van der Waals surface area contributed by atoms with E-state index in [-0.39, 0.29) is 0 Å². The molecule has 0 bridgehead atoms. The number of carbonyl (C=O) groups is 1. The van der Waals surface area contributed by atoms with E-state index < -0.39 is 6.09 Å². The second-order valence-corrected chi connectivity index (χ2v) is 3.38. The predicted octanol–water partition coefficient (Wildman–Crippen LogP) is 1.34. The first-order chi connectivity index (χ1) is 8.20. The van der Waals surface area contributed by atoms with Crippen LogP contribution in [0.5, 0.6) is 0 Å². The van der Waals surface area contributed by atoms with Crippen LogP contribution in [-0.4, -0.2) is 30.2 Å². The topological polar surface area (TPSA) is 67.3 Å². The van der Waals surface area contributed by atoms with Crippen molar-refractivity contribution in [2.24, 2.45) is 0 Å². The van der Waals surface area contributed by atoms with Crippen molar-refractivity contribution in [2.75, 3.05) is 19.2 Å². The summed E-state index contributed by atoms with van der Waals surface area (Å²) in [6, 6.07) is 7.51. The molecule has 88 valence electrons. The number of amides is 1. The van der Waals surface area contributed by atoms with Crippen LogP contribution >= 0.6 is 0 Å². The predicted molar refractivity (Wildman–Crippen MR) is 63.5 cm³/mol. The number of hydrazine groups is 1. The molecular weight excluding hydrogens is 220 g/mol. The summed E-state index contributed by atoms with van der Waals surface area (Å²) >= 11 is 0. The first kappa shape index (κ1) is 11.1. The molecule has 2 aromatic rings. The lowest BCUT2D eigenvalue weighted by Gasteiger charge is -2.17. The van der Waals surface area contributed by atoms with Gasteiger partial charge in [0.1, 0.15) is 0 Å². The number of benzene rings is 1. The highest BCUT2D eigenvalue weighted by atomic mass is 16.5. The molecule has 1 aromatic carbocycles. The zero-order valence-corrected chi connectivity index (χ0v) is 9.54. The van der Waals surface area contributed by atoms with Gasteiger partial charge in [-0.25, -0.2) is 15.2 Å². The van der Waals surface area contributed by atoms with E-state index in [1.165, 1.54) is 12.1 Å². The average Bonchev–Trinajstić information content (AvgIpc) is 2.38. The van der Waals surface area contributed by atoms with Crippen LogP contribution in [0.25, 0.3) is 11.0 Å². The van der Waals surface area contributed by atoms with E-state index in [1.807, 2.05) is 24.3 Å². The molecule has 0 aliphatic rings. The van der Waals surface area contributed by atoms with Crippen LogP contribution in [-0.2, 0) is 4.74 Å². The lowest BCUT2D eigenvalue weighted by molar-refractivity contribution is 0.170. The standard InChI is InChI=1S/C11H12N4O2/c1-15(14-11(16)17-2)10-7-12-8-5-3-4-6-9(8)13-10/h3-7H,1-2H3,(H,14,16). The molecule has 1 amide bonds. The van der Waals surface area contributed by atoms with Gasteiger partial charge < -0.3 is 4.74 Å². The second kappa shape index (κ2) is 4.65. The maximum absolute atomic E-state index is 11.0. The van der Waals surface area contributed by atoms with Gasteiger partial charge in [0.25, 0.3) is 0 Å². The van der Waals surface area contributed by atoms with Crippen LogP contribution in [0.2, 0.25) is 0 Å². The third-order valence-electron chi connectivity index (χ3n) is 2.22. The molecule has 0 spiro atoms. The molecule has 6 heteroatoms. The molecule has 0 saturated heterocycles. The lowest BCUT2D eigenvalue weighted by atomic mass is 10.3. The normalized spacial score (nSPS) is 10.0. The maximum atomic E-state index is 11.0. The summed E-state index contributed by atoms with van der Waals surface area (Å²) < 4.78 is 4.49. The molecule has 1 N–H and O–H groups in total.